The minimum Gasteiger partial charge on any atom is -0.482 e. The SMILES string of the molecule is CCOC(=O)c1ccc(N(Cc2ccc(Cl)cc2Cl)C(=O)COc2ccccc2Cl)cc1. The minimum atomic E-state index is -0.431. The summed E-state index contributed by atoms with van der Waals surface area (Å²) in [5, 5.41) is 1.34. The number of carbonyl (C=O) groups is 2. The molecular weight excluding hydrogens is 473 g/mol. The van der Waals surface area contributed by atoms with Crippen molar-refractivity contribution in [3.8, 4) is 5.75 Å². The van der Waals surface area contributed by atoms with Crippen LogP contribution in [0.15, 0.2) is 66.7 Å². The molecule has 0 aliphatic carbocycles. The van der Waals surface area contributed by atoms with Gasteiger partial charge in [0.05, 0.1) is 23.7 Å². The number of hydrogen-bond donors (Lipinski definition) is 0. The van der Waals surface area contributed by atoms with E-state index in [2.05, 4.69) is 0 Å². The lowest BCUT2D eigenvalue weighted by molar-refractivity contribution is -0.120. The molecule has 0 spiro atoms. The average Bonchev–Trinajstić information content (AvgIpc) is 2.78. The third-order valence-corrected chi connectivity index (χ3v) is 5.42. The Labute approximate surface area is 201 Å². The van der Waals surface area contributed by atoms with Crippen LogP contribution in [0.4, 0.5) is 5.69 Å². The molecule has 0 aliphatic heterocycles. The number of ether oxygens (including phenoxy) is 2. The van der Waals surface area contributed by atoms with Crippen molar-refractivity contribution in [2.24, 2.45) is 0 Å². The number of amides is 1. The summed E-state index contributed by atoms with van der Waals surface area (Å²) >= 11 is 18.4. The maximum atomic E-state index is 13.1. The van der Waals surface area contributed by atoms with Gasteiger partial charge >= 0.3 is 5.97 Å². The van der Waals surface area contributed by atoms with Crippen molar-refractivity contribution in [3.05, 3.63) is 92.9 Å². The number of esters is 1. The Morgan fingerprint density at radius 2 is 1.62 bits per heavy atom. The molecule has 0 N–H and O–H groups in total. The van der Waals surface area contributed by atoms with Crippen molar-refractivity contribution < 1.29 is 19.1 Å². The molecule has 5 nitrogen and oxygen atoms in total. The zero-order valence-electron chi connectivity index (χ0n) is 17.2. The molecule has 1 amide bonds. The second-order valence-electron chi connectivity index (χ2n) is 6.70. The summed E-state index contributed by atoms with van der Waals surface area (Å²) in [6, 6.07) is 18.5. The fraction of sp³-hybridized carbons (Fsp3) is 0.167. The lowest BCUT2D eigenvalue weighted by Crippen LogP contribution is -2.34. The van der Waals surface area contributed by atoms with Gasteiger partial charge in [-0.05, 0) is 61.0 Å². The Bertz CT molecular complexity index is 1100. The highest BCUT2D eigenvalue weighted by molar-refractivity contribution is 6.35. The van der Waals surface area contributed by atoms with E-state index in [9.17, 15) is 9.59 Å². The first kappa shape index (κ1) is 23.9. The van der Waals surface area contributed by atoms with E-state index in [1.165, 1.54) is 4.90 Å². The molecule has 0 heterocycles. The topological polar surface area (TPSA) is 55.8 Å². The molecule has 0 fully saturated rings. The Balaban J connectivity index is 1.85. The van der Waals surface area contributed by atoms with E-state index in [0.717, 1.165) is 0 Å². The summed E-state index contributed by atoms with van der Waals surface area (Å²) in [6.07, 6.45) is 0. The first-order valence-corrected chi connectivity index (χ1v) is 10.9. The van der Waals surface area contributed by atoms with Gasteiger partial charge in [-0.1, -0.05) is 53.0 Å². The molecule has 32 heavy (non-hydrogen) atoms. The Morgan fingerprint density at radius 1 is 0.906 bits per heavy atom. The van der Waals surface area contributed by atoms with Crippen LogP contribution >= 0.6 is 34.8 Å². The van der Waals surface area contributed by atoms with Gasteiger partial charge in [-0.3, -0.25) is 4.79 Å². The van der Waals surface area contributed by atoms with Crippen LogP contribution in [0.1, 0.15) is 22.8 Å². The number of benzene rings is 3. The van der Waals surface area contributed by atoms with Crippen molar-refractivity contribution in [1.29, 1.82) is 0 Å². The van der Waals surface area contributed by atoms with Gasteiger partial charge in [0.2, 0.25) is 0 Å². The van der Waals surface area contributed by atoms with Crippen LogP contribution in [0.5, 0.6) is 5.75 Å². The second-order valence-corrected chi connectivity index (χ2v) is 7.95. The van der Waals surface area contributed by atoms with E-state index >= 15 is 0 Å². The average molecular weight is 493 g/mol. The highest BCUT2D eigenvalue weighted by Gasteiger charge is 2.20. The first-order valence-electron chi connectivity index (χ1n) is 9.78. The maximum absolute atomic E-state index is 13.1. The zero-order chi connectivity index (χ0) is 23.1. The largest absolute Gasteiger partial charge is 0.482 e. The summed E-state index contributed by atoms with van der Waals surface area (Å²) < 4.78 is 10.6. The molecule has 8 heteroatoms. The predicted octanol–water partition coefficient (Wildman–Crippen LogP) is 6.44. The standard InChI is InChI=1S/C24H20Cl3NO4/c1-2-31-24(30)16-8-11-19(12-9-16)28(14-17-7-10-18(25)13-21(17)27)23(29)15-32-22-6-4-3-5-20(22)26/h3-13H,2,14-15H2,1H3. The van der Waals surface area contributed by atoms with Crippen LogP contribution in [-0.2, 0) is 16.1 Å². The van der Waals surface area contributed by atoms with Crippen molar-refractivity contribution in [3.63, 3.8) is 0 Å². The number of nitrogens with zero attached hydrogens (tertiary/aromatic N) is 1. The van der Waals surface area contributed by atoms with E-state index in [0.29, 0.717) is 37.6 Å². The van der Waals surface area contributed by atoms with Gasteiger partial charge < -0.3 is 14.4 Å². The van der Waals surface area contributed by atoms with Gasteiger partial charge in [-0.2, -0.15) is 0 Å². The van der Waals surface area contributed by atoms with Crippen molar-refractivity contribution in [1.82, 2.24) is 0 Å². The van der Waals surface area contributed by atoms with Gasteiger partial charge in [-0.25, -0.2) is 4.79 Å². The van der Waals surface area contributed by atoms with Gasteiger partial charge in [0, 0.05) is 15.7 Å². The Morgan fingerprint density at radius 3 is 2.28 bits per heavy atom. The smallest absolute Gasteiger partial charge is 0.338 e. The molecule has 166 valence electrons. The number of anilines is 1. The zero-order valence-corrected chi connectivity index (χ0v) is 19.5. The van der Waals surface area contributed by atoms with Gasteiger partial charge in [0.15, 0.2) is 6.61 Å². The lowest BCUT2D eigenvalue weighted by atomic mass is 10.1. The minimum absolute atomic E-state index is 0.180. The molecule has 3 aromatic carbocycles. The third kappa shape index (κ3) is 6.16. The maximum Gasteiger partial charge on any atom is 0.338 e. The number of carbonyl (C=O) groups excluding carboxylic acids is 2. The van der Waals surface area contributed by atoms with Crippen LogP contribution in [0.2, 0.25) is 15.1 Å². The Kier molecular flexibility index (Phi) is 8.39. The third-order valence-electron chi connectivity index (χ3n) is 4.52. The summed E-state index contributed by atoms with van der Waals surface area (Å²) in [6.45, 7) is 1.95. The van der Waals surface area contributed by atoms with Gasteiger partial charge in [-0.15, -0.1) is 0 Å². The highest BCUT2D eigenvalue weighted by Crippen LogP contribution is 2.27. The molecule has 0 saturated carbocycles. The molecule has 0 aliphatic rings. The molecule has 0 atom stereocenters. The van der Waals surface area contributed by atoms with Crippen molar-refractivity contribution >= 4 is 52.4 Å². The van der Waals surface area contributed by atoms with E-state index in [4.69, 9.17) is 44.3 Å². The second kappa shape index (κ2) is 11.2. The number of hydrogen-bond acceptors (Lipinski definition) is 4. The van der Waals surface area contributed by atoms with E-state index in [1.54, 1.807) is 73.7 Å². The molecular formula is C24H20Cl3NO4. The highest BCUT2D eigenvalue weighted by atomic mass is 35.5. The lowest BCUT2D eigenvalue weighted by Gasteiger charge is -2.24. The number of para-hydroxylation sites is 1. The molecule has 0 aromatic heterocycles. The number of halogens is 3. The van der Waals surface area contributed by atoms with E-state index in [-0.39, 0.29) is 25.7 Å². The summed E-state index contributed by atoms with van der Waals surface area (Å²) in [7, 11) is 0. The van der Waals surface area contributed by atoms with E-state index < -0.39 is 5.97 Å². The van der Waals surface area contributed by atoms with Gasteiger partial charge in [0.25, 0.3) is 5.91 Å². The molecule has 0 bridgehead atoms. The van der Waals surface area contributed by atoms with Crippen LogP contribution in [0, 0.1) is 0 Å². The molecule has 0 radical (unpaired) electrons. The quantitative estimate of drug-likeness (QED) is 0.340. The summed E-state index contributed by atoms with van der Waals surface area (Å²) in [5.41, 5.74) is 1.66. The first-order chi connectivity index (χ1) is 15.4. The number of rotatable bonds is 8. The molecule has 0 unspecified atom stereocenters. The Hall–Kier alpha value is -2.73. The monoisotopic (exact) mass is 491 g/mol. The molecule has 0 saturated heterocycles. The molecule has 3 rings (SSSR count). The van der Waals surface area contributed by atoms with Crippen LogP contribution in [0.3, 0.4) is 0 Å². The predicted molar refractivity (Wildman–Crippen MR) is 127 cm³/mol. The van der Waals surface area contributed by atoms with Crippen LogP contribution < -0.4 is 9.64 Å². The molecule has 3 aromatic rings. The normalized spacial score (nSPS) is 10.5. The van der Waals surface area contributed by atoms with Crippen molar-refractivity contribution in [2.75, 3.05) is 18.1 Å². The van der Waals surface area contributed by atoms with E-state index in [1.807, 2.05) is 0 Å². The fourth-order valence-electron chi connectivity index (χ4n) is 2.91. The summed E-state index contributed by atoms with van der Waals surface area (Å²) in [4.78, 5) is 26.6. The summed E-state index contributed by atoms with van der Waals surface area (Å²) in [5.74, 6) is -0.343. The van der Waals surface area contributed by atoms with Crippen LogP contribution in [0.25, 0.3) is 0 Å². The van der Waals surface area contributed by atoms with Gasteiger partial charge in [0.1, 0.15) is 5.75 Å². The van der Waals surface area contributed by atoms with Crippen molar-refractivity contribution in [2.45, 2.75) is 13.5 Å². The fourth-order valence-corrected chi connectivity index (χ4v) is 3.57. The van der Waals surface area contributed by atoms with Crippen LogP contribution in [-0.4, -0.2) is 25.1 Å².